The lowest BCUT2D eigenvalue weighted by atomic mass is 10.1. The van der Waals surface area contributed by atoms with Crippen LogP contribution in [0.1, 0.15) is 21.3 Å². The fourth-order valence-corrected chi connectivity index (χ4v) is 5.37. The van der Waals surface area contributed by atoms with Gasteiger partial charge in [0.15, 0.2) is 11.5 Å². The van der Waals surface area contributed by atoms with Gasteiger partial charge in [-0.1, -0.05) is 6.07 Å². The van der Waals surface area contributed by atoms with E-state index in [9.17, 15) is 9.59 Å². The van der Waals surface area contributed by atoms with E-state index in [4.69, 9.17) is 9.47 Å². The number of methoxy groups -OCH3 is 2. The Bertz CT molecular complexity index is 748. The van der Waals surface area contributed by atoms with Crippen molar-refractivity contribution in [2.75, 3.05) is 53.2 Å². The Morgan fingerprint density at radius 1 is 1.15 bits per heavy atom. The van der Waals surface area contributed by atoms with E-state index in [-0.39, 0.29) is 17.2 Å². The minimum Gasteiger partial charge on any atom is -0.493 e. The molecule has 2 amide bonds. The largest absolute Gasteiger partial charge is 0.493 e. The predicted octanol–water partition coefficient (Wildman–Crippen LogP) is 1.05. The summed E-state index contributed by atoms with van der Waals surface area (Å²) in [7, 11) is 5.15. The number of hydrogen-bond donors (Lipinski definition) is 0. The Balaban J connectivity index is 1.63. The quantitative estimate of drug-likeness (QED) is 0.785. The van der Waals surface area contributed by atoms with E-state index in [2.05, 4.69) is 11.9 Å². The highest BCUT2D eigenvalue weighted by Gasteiger charge is 2.51. The summed E-state index contributed by atoms with van der Waals surface area (Å²) in [5.74, 6) is 1.54. The van der Waals surface area contributed by atoms with E-state index in [1.807, 2.05) is 17.0 Å². The van der Waals surface area contributed by atoms with Crippen LogP contribution in [0.3, 0.4) is 0 Å². The summed E-state index contributed by atoms with van der Waals surface area (Å²) in [6, 6.07) is 3.32. The van der Waals surface area contributed by atoms with E-state index in [1.165, 1.54) is 7.11 Å². The molecule has 2 fully saturated rings. The van der Waals surface area contributed by atoms with E-state index >= 15 is 0 Å². The van der Waals surface area contributed by atoms with Crippen molar-refractivity contribution in [1.29, 1.82) is 0 Å². The highest BCUT2D eigenvalue weighted by molar-refractivity contribution is 7.99. The van der Waals surface area contributed by atoms with Crippen LogP contribution in [0.5, 0.6) is 11.5 Å². The van der Waals surface area contributed by atoms with Crippen LogP contribution in [-0.2, 0) is 4.79 Å². The Morgan fingerprint density at radius 2 is 1.88 bits per heavy atom. The molecule has 8 heteroatoms. The standard InChI is InChI=1S/C18H23N3O4S/c1-19-6-8-20(9-7-19)16(22)12-10-26-18-11-4-5-13(24-2)15(25-3)14(11)17(23)21(12)18/h4-5,12,18H,6-10H2,1-3H3. The lowest BCUT2D eigenvalue weighted by Crippen LogP contribution is -2.53. The zero-order chi connectivity index (χ0) is 18.4. The summed E-state index contributed by atoms with van der Waals surface area (Å²) >= 11 is 1.64. The van der Waals surface area contributed by atoms with Gasteiger partial charge in [-0.25, -0.2) is 0 Å². The third-order valence-electron chi connectivity index (χ3n) is 5.39. The molecule has 0 radical (unpaired) electrons. The molecule has 2 saturated heterocycles. The normalized spacial score (nSPS) is 25.3. The van der Waals surface area contributed by atoms with Crippen LogP contribution >= 0.6 is 11.8 Å². The molecule has 0 spiro atoms. The molecule has 7 nitrogen and oxygen atoms in total. The Labute approximate surface area is 157 Å². The molecule has 3 heterocycles. The number of nitrogens with zero attached hydrogens (tertiary/aromatic N) is 3. The van der Waals surface area contributed by atoms with Crippen molar-refractivity contribution in [3.63, 3.8) is 0 Å². The average molecular weight is 377 g/mol. The minimum atomic E-state index is -0.413. The van der Waals surface area contributed by atoms with Crippen LogP contribution < -0.4 is 9.47 Å². The van der Waals surface area contributed by atoms with Crippen molar-refractivity contribution in [2.45, 2.75) is 11.4 Å². The Kier molecular flexibility index (Phi) is 4.48. The van der Waals surface area contributed by atoms with Crippen molar-refractivity contribution < 1.29 is 19.1 Å². The summed E-state index contributed by atoms with van der Waals surface area (Å²) in [4.78, 5) is 32.1. The highest BCUT2D eigenvalue weighted by atomic mass is 32.2. The van der Waals surface area contributed by atoms with Gasteiger partial charge < -0.3 is 24.2 Å². The van der Waals surface area contributed by atoms with E-state index in [0.29, 0.717) is 35.9 Å². The van der Waals surface area contributed by atoms with Crippen LogP contribution in [0.15, 0.2) is 12.1 Å². The molecule has 0 aromatic heterocycles. The second-order valence-electron chi connectivity index (χ2n) is 6.81. The molecule has 0 saturated carbocycles. The first kappa shape index (κ1) is 17.5. The third-order valence-corrected chi connectivity index (χ3v) is 6.70. The zero-order valence-corrected chi connectivity index (χ0v) is 16.0. The van der Waals surface area contributed by atoms with Crippen molar-refractivity contribution in [2.24, 2.45) is 0 Å². The fourth-order valence-electron chi connectivity index (χ4n) is 3.92. The van der Waals surface area contributed by atoms with Gasteiger partial charge in [-0.15, -0.1) is 11.8 Å². The van der Waals surface area contributed by atoms with Crippen LogP contribution in [0, 0.1) is 0 Å². The van der Waals surface area contributed by atoms with Gasteiger partial charge >= 0.3 is 0 Å². The maximum Gasteiger partial charge on any atom is 0.260 e. The predicted molar refractivity (Wildman–Crippen MR) is 98.8 cm³/mol. The molecule has 3 aliphatic heterocycles. The van der Waals surface area contributed by atoms with Gasteiger partial charge in [0.25, 0.3) is 5.91 Å². The smallest absolute Gasteiger partial charge is 0.260 e. The maximum absolute atomic E-state index is 13.2. The summed E-state index contributed by atoms with van der Waals surface area (Å²) in [5.41, 5.74) is 1.44. The van der Waals surface area contributed by atoms with Crippen molar-refractivity contribution in [3.05, 3.63) is 23.3 Å². The molecule has 3 aliphatic rings. The average Bonchev–Trinajstić information content (AvgIpc) is 3.21. The zero-order valence-electron chi connectivity index (χ0n) is 15.2. The maximum atomic E-state index is 13.2. The monoisotopic (exact) mass is 377 g/mol. The number of rotatable bonds is 3. The topological polar surface area (TPSA) is 62.3 Å². The number of hydrogen-bond acceptors (Lipinski definition) is 6. The molecule has 0 N–H and O–H groups in total. The second kappa shape index (κ2) is 6.66. The molecule has 1 aromatic rings. The lowest BCUT2D eigenvalue weighted by molar-refractivity contribution is -0.136. The first-order chi connectivity index (χ1) is 12.6. The van der Waals surface area contributed by atoms with E-state index < -0.39 is 6.04 Å². The Hall–Kier alpha value is -1.93. The molecule has 1 aromatic carbocycles. The number of likely N-dealkylation sites (N-methyl/N-ethyl adjacent to an activating group) is 1. The molecule has 0 aliphatic carbocycles. The molecular formula is C18H23N3O4S. The lowest BCUT2D eigenvalue weighted by Gasteiger charge is -2.35. The summed E-state index contributed by atoms with van der Waals surface area (Å²) in [6.45, 7) is 3.17. The molecule has 4 rings (SSSR count). The highest BCUT2D eigenvalue weighted by Crippen LogP contribution is 2.52. The van der Waals surface area contributed by atoms with E-state index in [1.54, 1.807) is 23.8 Å². The van der Waals surface area contributed by atoms with Gasteiger partial charge in [0.05, 0.1) is 19.8 Å². The number of amides is 2. The summed E-state index contributed by atoms with van der Waals surface area (Å²) in [6.07, 6.45) is 0. The number of ether oxygens (including phenoxy) is 2. The number of fused-ring (bicyclic) bond motifs is 3. The Morgan fingerprint density at radius 3 is 2.54 bits per heavy atom. The van der Waals surface area contributed by atoms with Crippen LogP contribution in [0.2, 0.25) is 0 Å². The van der Waals surface area contributed by atoms with Crippen molar-refractivity contribution in [1.82, 2.24) is 14.7 Å². The fraction of sp³-hybridized carbons (Fsp3) is 0.556. The third kappa shape index (κ3) is 2.54. The van der Waals surface area contributed by atoms with E-state index in [0.717, 1.165) is 18.7 Å². The summed E-state index contributed by atoms with van der Waals surface area (Å²) in [5, 5.41) is -0.126. The van der Waals surface area contributed by atoms with Crippen LogP contribution in [0.25, 0.3) is 0 Å². The van der Waals surface area contributed by atoms with Gasteiger partial charge in [-0.05, 0) is 13.1 Å². The van der Waals surface area contributed by atoms with Crippen molar-refractivity contribution >= 4 is 23.6 Å². The second-order valence-corrected chi connectivity index (χ2v) is 7.92. The van der Waals surface area contributed by atoms with Gasteiger partial charge in [0.2, 0.25) is 5.91 Å². The number of carbonyl (C=O) groups excluding carboxylic acids is 2. The van der Waals surface area contributed by atoms with Gasteiger partial charge in [-0.3, -0.25) is 9.59 Å². The van der Waals surface area contributed by atoms with Gasteiger partial charge in [-0.2, -0.15) is 0 Å². The SMILES string of the molecule is COc1ccc2c(c1OC)C(=O)N1C(C(=O)N3CCN(C)CC3)CSC21. The van der Waals surface area contributed by atoms with Crippen molar-refractivity contribution in [3.8, 4) is 11.5 Å². The number of thioether (sulfide) groups is 1. The number of piperazine rings is 1. The first-order valence-electron chi connectivity index (χ1n) is 8.73. The first-order valence-corrected chi connectivity index (χ1v) is 9.78. The molecule has 2 atom stereocenters. The minimum absolute atomic E-state index is 0.0557. The molecule has 0 bridgehead atoms. The molecule has 26 heavy (non-hydrogen) atoms. The molecule has 140 valence electrons. The van der Waals surface area contributed by atoms with Gasteiger partial charge in [0.1, 0.15) is 11.4 Å². The summed E-state index contributed by atoms with van der Waals surface area (Å²) < 4.78 is 10.8. The number of carbonyl (C=O) groups is 2. The van der Waals surface area contributed by atoms with Gasteiger partial charge in [0, 0.05) is 37.5 Å². The molecular weight excluding hydrogens is 354 g/mol. The number of benzene rings is 1. The van der Waals surface area contributed by atoms with Crippen LogP contribution in [0.4, 0.5) is 0 Å². The van der Waals surface area contributed by atoms with Crippen LogP contribution in [-0.4, -0.2) is 85.8 Å². The molecule has 2 unspecified atom stereocenters.